The minimum atomic E-state index is 0.572. The summed E-state index contributed by atoms with van der Waals surface area (Å²) < 4.78 is 0. The van der Waals surface area contributed by atoms with Gasteiger partial charge in [-0.05, 0) is 17.4 Å². The maximum absolute atomic E-state index is 5.99. The highest BCUT2D eigenvalue weighted by Gasteiger charge is 2.04. The van der Waals surface area contributed by atoms with Gasteiger partial charge < -0.3 is 5.43 Å². The second-order valence-electron chi connectivity index (χ2n) is 3.13. The van der Waals surface area contributed by atoms with Crippen LogP contribution in [0.4, 0.5) is 5.82 Å². The van der Waals surface area contributed by atoms with E-state index in [1.165, 1.54) is 0 Å². The Morgan fingerprint density at radius 1 is 1.57 bits per heavy atom. The third kappa shape index (κ3) is 3.36. The van der Waals surface area contributed by atoms with Crippen LogP contribution in [0.15, 0.2) is 12.1 Å². The van der Waals surface area contributed by atoms with E-state index in [9.17, 15) is 0 Å². The number of aromatic nitrogens is 1. The van der Waals surface area contributed by atoms with E-state index < -0.39 is 0 Å². The topological polar surface area (TPSA) is 50.9 Å². The minimum absolute atomic E-state index is 0.572. The summed E-state index contributed by atoms with van der Waals surface area (Å²) in [6, 6.07) is 3.56. The largest absolute Gasteiger partial charge is 0.308 e. The molecule has 3 N–H and O–H groups in total. The number of nitrogen functional groups attached to an aromatic ring is 1. The molecule has 1 aromatic rings. The summed E-state index contributed by atoms with van der Waals surface area (Å²) in [5.41, 5.74) is 3.38. The molecule has 1 aromatic heterocycles. The standard InChI is InChI=1S/C9H14ClN3S/c1-6(2)14-5-8-7(10)3-4-9(12-8)13-11/h3-4,6H,5,11H2,1-2H3,(H,12,13). The van der Waals surface area contributed by atoms with E-state index >= 15 is 0 Å². The number of halogens is 1. The highest BCUT2D eigenvalue weighted by Crippen LogP contribution is 2.23. The molecule has 0 fully saturated rings. The predicted molar refractivity (Wildman–Crippen MR) is 63.5 cm³/mol. The van der Waals surface area contributed by atoms with E-state index in [1.807, 2.05) is 0 Å². The van der Waals surface area contributed by atoms with Crippen LogP contribution in [0.2, 0.25) is 5.02 Å². The molecule has 0 aliphatic heterocycles. The van der Waals surface area contributed by atoms with Gasteiger partial charge in [0.15, 0.2) is 0 Å². The van der Waals surface area contributed by atoms with Crippen molar-refractivity contribution in [2.75, 3.05) is 5.43 Å². The first kappa shape index (κ1) is 11.6. The molecule has 0 atom stereocenters. The smallest absolute Gasteiger partial charge is 0.140 e. The minimum Gasteiger partial charge on any atom is -0.308 e. The molecule has 14 heavy (non-hydrogen) atoms. The summed E-state index contributed by atoms with van der Waals surface area (Å²) in [6.45, 7) is 4.28. The molecule has 0 saturated carbocycles. The van der Waals surface area contributed by atoms with Crippen LogP contribution in [0.25, 0.3) is 0 Å². The SMILES string of the molecule is CC(C)SCc1nc(NN)ccc1Cl. The molecule has 0 aromatic carbocycles. The number of rotatable bonds is 4. The Morgan fingerprint density at radius 2 is 2.29 bits per heavy atom. The molecule has 0 spiro atoms. The van der Waals surface area contributed by atoms with Gasteiger partial charge in [-0.25, -0.2) is 10.8 Å². The quantitative estimate of drug-likeness (QED) is 0.618. The molecule has 0 radical (unpaired) electrons. The van der Waals surface area contributed by atoms with Crippen molar-refractivity contribution in [3.63, 3.8) is 0 Å². The van der Waals surface area contributed by atoms with Gasteiger partial charge in [0, 0.05) is 5.75 Å². The molecule has 0 unspecified atom stereocenters. The summed E-state index contributed by atoms with van der Waals surface area (Å²) in [5.74, 6) is 6.72. The van der Waals surface area contributed by atoms with Gasteiger partial charge in [0.05, 0.1) is 10.7 Å². The van der Waals surface area contributed by atoms with E-state index in [0.29, 0.717) is 16.1 Å². The van der Waals surface area contributed by atoms with Crippen LogP contribution in [0.1, 0.15) is 19.5 Å². The molecule has 0 bridgehead atoms. The lowest BCUT2D eigenvalue weighted by atomic mass is 10.4. The van der Waals surface area contributed by atoms with Crippen LogP contribution in [0.3, 0.4) is 0 Å². The van der Waals surface area contributed by atoms with Crippen LogP contribution >= 0.6 is 23.4 Å². The average Bonchev–Trinajstić information content (AvgIpc) is 2.16. The second kappa shape index (κ2) is 5.44. The van der Waals surface area contributed by atoms with E-state index in [0.717, 1.165) is 11.4 Å². The van der Waals surface area contributed by atoms with Crippen LogP contribution < -0.4 is 11.3 Å². The molecular formula is C9H14ClN3S. The Kier molecular flexibility index (Phi) is 4.51. The highest BCUT2D eigenvalue weighted by atomic mass is 35.5. The number of anilines is 1. The first-order chi connectivity index (χ1) is 6.63. The fraction of sp³-hybridized carbons (Fsp3) is 0.444. The van der Waals surface area contributed by atoms with Crippen LogP contribution in [0.5, 0.6) is 0 Å². The molecule has 0 aliphatic carbocycles. The average molecular weight is 232 g/mol. The van der Waals surface area contributed by atoms with Gasteiger partial charge >= 0.3 is 0 Å². The van der Waals surface area contributed by atoms with Crippen LogP contribution in [0, 0.1) is 0 Å². The Bertz CT molecular complexity index is 304. The zero-order valence-electron chi connectivity index (χ0n) is 8.25. The van der Waals surface area contributed by atoms with Crippen molar-refractivity contribution < 1.29 is 0 Å². The molecule has 0 saturated heterocycles. The number of thioether (sulfide) groups is 1. The zero-order valence-corrected chi connectivity index (χ0v) is 9.82. The van der Waals surface area contributed by atoms with Gasteiger partial charge in [-0.2, -0.15) is 11.8 Å². The monoisotopic (exact) mass is 231 g/mol. The Labute approximate surface area is 93.4 Å². The van der Waals surface area contributed by atoms with Crippen molar-refractivity contribution in [1.29, 1.82) is 0 Å². The zero-order chi connectivity index (χ0) is 10.6. The number of nitrogens with two attached hydrogens (primary N) is 1. The van der Waals surface area contributed by atoms with Crippen molar-refractivity contribution in [3.05, 3.63) is 22.8 Å². The molecule has 1 rings (SSSR count). The van der Waals surface area contributed by atoms with Crippen LogP contribution in [-0.4, -0.2) is 10.2 Å². The summed E-state index contributed by atoms with van der Waals surface area (Å²) >= 11 is 7.79. The predicted octanol–water partition coefficient (Wildman–Crippen LogP) is 2.66. The van der Waals surface area contributed by atoms with Crippen LogP contribution in [-0.2, 0) is 5.75 Å². The highest BCUT2D eigenvalue weighted by molar-refractivity contribution is 7.99. The fourth-order valence-electron chi connectivity index (χ4n) is 0.912. The summed E-state index contributed by atoms with van der Waals surface area (Å²) in [5, 5.41) is 1.26. The van der Waals surface area contributed by atoms with Gasteiger partial charge in [-0.15, -0.1) is 0 Å². The normalized spacial score (nSPS) is 10.6. The number of nitrogens with one attached hydrogen (secondary N) is 1. The number of hydrazine groups is 1. The second-order valence-corrected chi connectivity index (χ2v) is 5.10. The number of hydrogen-bond donors (Lipinski definition) is 2. The van der Waals surface area contributed by atoms with Gasteiger partial charge in [-0.3, -0.25) is 0 Å². The van der Waals surface area contributed by atoms with Crippen molar-refractivity contribution in [2.24, 2.45) is 5.84 Å². The number of hydrogen-bond acceptors (Lipinski definition) is 4. The molecular weight excluding hydrogens is 218 g/mol. The lowest BCUT2D eigenvalue weighted by Gasteiger charge is -2.07. The van der Waals surface area contributed by atoms with E-state index in [4.69, 9.17) is 17.4 Å². The number of pyridine rings is 1. The maximum Gasteiger partial charge on any atom is 0.140 e. The fourth-order valence-corrected chi connectivity index (χ4v) is 1.87. The lowest BCUT2D eigenvalue weighted by Crippen LogP contribution is -2.09. The Morgan fingerprint density at radius 3 is 2.86 bits per heavy atom. The van der Waals surface area contributed by atoms with Crippen molar-refractivity contribution in [1.82, 2.24) is 4.98 Å². The van der Waals surface area contributed by atoms with Gasteiger partial charge in [-0.1, -0.05) is 25.4 Å². The summed E-state index contributed by atoms with van der Waals surface area (Å²) in [4.78, 5) is 4.27. The van der Waals surface area contributed by atoms with E-state index in [2.05, 4.69) is 24.3 Å². The van der Waals surface area contributed by atoms with Crippen molar-refractivity contribution in [2.45, 2.75) is 24.9 Å². The Hall–Kier alpha value is -0.450. The van der Waals surface area contributed by atoms with E-state index in [-0.39, 0.29) is 0 Å². The third-order valence-electron chi connectivity index (χ3n) is 1.62. The molecule has 3 nitrogen and oxygen atoms in total. The van der Waals surface area contributed by atoms with Gasteiger partial charge in [0.1, 0.15) is 5.82 Å². The molecule has 1 heterocycles. The van der Waals surface area contributed by atoms with Gasteiger partial charge in [0.2, 0.25) is 0 Å². The van der Waals surface area contributed by atoms with Gasteiger partial charge in [0.25, 0.3) is 0 Å². The van der Waals surface area contributed by atoms with E-state index in [1.54, 1.807) is 23.9 Å². The summed E-state index contributed by atoms with van der Waals surface area (Å²) in [6.07, 6.45) is 0. The van der Waals surface area contributed by atoms with Crippen molar-refractivity contribution in [3.8, 4) is 0 Å². The molecule has 0 amide bonds. The first-order valence-corrected chi connectivity index (χ1v) is 5.79. The maximum atomic E-state index is 5.99. The van der Waals surface area contributed by atoms with Crippen molar-refractivity contribution >= 4 is 29.2 Å². The molecule has 78 valence electrons. The Balaban J connectivity index is 2.73. The summed E-state index contributed by atoms with van der Waals surface area (Å²) in [7, 11) is 0. The lowest BCUT2D eigenvalue weighted by molar-refractivity contribution is 1.09. The third-order valence-corrected chi connectivity index (χ3v) is 3.07. The molecule has 0 aliphatic rings. The molecule has 5 heteroatoms. The first-order valence-electron chi connectivity index (χ1n) is 4.37. The number of nitrogens with zero attached hydrogens (tertiary/aromatic N) is 1.